The van der Waals surface area contributed by atoms with Crippen LogP contribution in [0, 0.1) is 0 Å². The number of benzene rings is 2. The van der Waals surface area contributed by atoms with Crippen LogP contribution in [-0.4, -0.2) is 44.4 Å². The molecule has 0 aliphatic carbocycles. The van der Waals surface area contributed by atoms with Gasteiger partial charge >= 0.3 is 0 Å². The van der Waals surface area contributed by atoms with E-state index in [4.69, 9.17) is 0 Å². The molecule has 2 aromatic carbocycles. The number of aromatic amines is 1. The molecule has 0 aliphatic heterocycles. The zero-order valence-corrected chi connectivity index (χ0v) is 19.2. The van der Waals surface area contributed by atoms with Crippen LogP contribution in [0.5, 0.6) is 0 Å². The maximum atomic E-state index is 12.5. The average Bonchev–Trinajstić information content (AvgIpc) is 3.53. The van der Waals surface area contributed by atoms with Crippen LogP contribution < -0.4 is 0 Å². The van der Waals surface area contributed by atoms with Crippen LogP contribution in [-0.2, 0) is 17.6 Å². The van der Waals surface area contributed by atoms with Crippen molar-refractivity contribution < 1.29 is 4.79 Å². The predicted octanol–water partition coefficient (Wildman–Crippen LogP) is 5.07. The normalized spacial score (nSPS) is 10.9. The van der Waals surface area contributed by atoms with Gasteiger partial charge in [0.1, 0.15) is 0 Å². The lowest BCUT2D eigenvalue weighted by Crippen LogP contribution is -2.27. The van der Waals surface area contributed by atoms with E-state index in [2.05, 4.69) is 33.5 Å². The van der Waals surface area contributed by atoms with Gasteiger partial charge in [-0.1, -0.05) is 55.0 Å². The molecule has 4 rings (SSSR count). The van der Waals surface area contributed by atoms with Crippen molar-refractivity contribution in [2.45, 2.75) is 38.5 Å². The molecule has 33 heavy (non-hydrogen) atoms. The summed E-state index contributed by atoms with van der Waals surface area (Å²) in [5, 5.41) is 12.0. The highest BCUT2D eigenvalue weighted by atomic mass is 16.2. The molecule has 0 saturated heterocycles. The van der Waals surface area contributed by atoms with Gasteiger partial charge in [-0.05, 0) is 49.4 Å². The van der Waals surface area contributed by atoms with Gasteiger partial charge in [-0.2, -0.15) is 10.2 Å². The lowest BCUT2D eigenvalue weighted by atomic mass is 10.1. The summed E-state index contributed by atoms with van der Waals surface area (Å²) in [5.74, 6) is 0.184. The van der Waals surface area contributed by atoms with Gasteiger partial charge < -0.3 is 4.90 Å². The van der Waals surface area contributed by atoms with E-state index in [-0.39, 0.29) is 5.91 Å². The number of amides is 1. The van der Waals surface area contributed by atoms with Crippen molar-refractivity contribution in [3.8, 4) is 16.9 Å². The summed E-state index contributed by atoms with van der Waals surface area (Å²) in [6.07, 6.45) is 9.21. The highest BCUT2D eigenvalue weighted by Crippen LogP contribution is 2.18. The Labute approximate surface area is 195 Å². The summed E-state index contributed by atoms with van der Waals surface area (Å²) in [6.45, 7) is 0.792. The summed E-state index contributed by atoms with van der Waals surface area (Å²) in [6, 6.07) is 22.3. The first-order chi connectivity index (χ1) is 16.2. The Morgan fingerprint density at radius 3 is 2.52 bits per heavy atom. The van der Waals surface area contributed by atoms with Crippen LogP contribution in [0.25, 0.3) is 16.9 Å². The van der Waals surface area contributed by atoms with E-state index in [1.165, 1.54) is 0 Å². The zero-order chi connectivity index (χ0) is 22.9. The molecule has 1 N–H and O–H groups in total. The molecule has 170 valence electrons. The molecule has 2 heterocycles. The van der Waals surface area contributed by atoms with Crippen molar-refractivity contribution in [3.63, 3.8) is 0 Å². The molecule has 0 spiro atoms. The molecule has 2 aromatic heterocycles. The lowest BCUT2D eigenvalue weighted by molar-refractivity contribution is -0.129. The van der Waals surface area contributed by atoms with Crippen molar-refractivity contribution in [3.05, 3.63) is 90.4 Å². The Hall–Kier alpha value is -3.67. The second kappa shape index (κ2) is 11.3. The molecule has 0 saturated carbocycles. The number of rotatable bonds is 11. The number of nitrogens with zero attached hydrogens (tertiary/aromatic N) is 4. The number of hydrogen-bond acceptors (Lipinski definition) is 3. The van der Waals surface area contributed by atoms with Crippen molar-refractivity contribution in [1.29, 1.82) is 0 Å². The third-order valence-electron chi connectivity index (χ3n) is 5.85. The Balaban J connectivity index is 1.13. The maximum absolute atomic E-state index is 12.5. The van der Waals surface area contributed by atoms with Gasteiger partial charge in [0.15, 0.2) is 0 Å². The maximum Gasteiger partial charge on any atom is 0.222 e. The minimum absolute atomic E-state index is 0.184. The predicted molar refractivity (Wildman–Crippen MR) is 131 cm³/mol. The van der Waals surface area contributed by atoms with E-state index < -0.39 is 0 Å². The van der Waals surface area contributed by atoms with Crippen molar-refractivity contribution in [2.75, 3.05) is 13.6 Å². The Kier molecular flexibility index (Phi) is 7.69. The molecule has 6 heteroatoms. The van der Waals surface area contributed by atoms with Crippen LogP contribution in [0.15, 0.2) is 79.1 Å². The molecule has 0 aliphatic rings. The highest BCUT2D eigenvalue weighted by Gasteiger charge is 2.10. The fourth-order valence-electron chi connectivity index (χ4n) is 3.87. The van der Waals surface area contributed by atoms with E-state index >= 15 is 0 Å². The van der Waals surface area contributed by atoms with Gasteiger partial charge in [-0.15, -0.1) is 0 Å². The fraction of sp³-hybridized carbons (Fsp3) is 0.296. The van der Waals surface area contributed by atoms with E-state index in [9.17, 15) is 4.79 Å². The van der Waals surface area contributed by atoms with E-state index in [0.717, 1.165) is 60.4 Å². The highest BCUT2D eigenvalue weighted by molar-refractivity contribution is 5.76. The molecule has 0 bridgehead atoms. The van der Waals surface area contributed by atoms with Crippen LogP contribution >= 0.6 is 0 Å². The van der Waals surface area contributed by atoms with Gasteiger partial charge in [0.05, 0.1) is 17.6 Å². The molecule has 0 radical (unpaired) electrons. The van der Waals surface area contributed by atoms with Gasteiger partial charge in [0.25, 0.3) is 0 Å². The number of nitrogens with one attached hydrogen (secondary N) is 1. The number of hydrogen-bond donors (Lipinski definition) is 1. The van der Waals surface area contributed by atoms with Crippen LogP contribution in [0.4, 0.5) is 0 Å². The zero-order valence-electron chi connectivity index (χ0n) is 19.2. The summed E-state index contributed by atoms with van der Waals surface area (Å²) >= 11 is 0. The van der Waals surface area contributed by atoms with Gasteiger partial charge in [-0.3, -0.25) is 9.89 Å². The van der Waals surface area contributed by atoms with Crippen LogP contribution in [0.2, 0.25) is 0 Å². The summed E-state index contributed by atoms with van der Waals surface area (Å²) in [5.41, 5.74) is 5.39. The number of para-hydroxylation sites is 1. The Morgan fingerprint density at radius 2 is 1.73 bits per heavy atom. The topological polar surface area (TPSA) is 66.8 Å². The second-order valence-corrected chi connectivity index (χ2v) is 8.40. The molecular weight excluding hydrogens is 410 g/mol. The van der Waals surface area contributed by atoms with Crippen LogP contribution in [0.3, 0.4) is 0 Å². The minimum atomic E-state index is 0.184. The van der Waals surface area contributed by atoms with E-state index in [1.807, 2.05) is 77.6 Å². The fourth-order valence-corrected chi connectivity index (χ4v) is 3.87. The SMILES string of the molecule is CN(CCCCCc1cc(-c2ccccc2)n[nH]1)C(=O)CCc1cnn(-c2ccccc2)c1. The minimum Gasteiger partial charge on any atom is -0.346 e. The second-order valence-electron chi connectivity index (χ2n) is 8.40. The van der Waals surface area contributed by atoms with Gasteiger partial charge in [0, 0.05) is 37.5 Å². The third-order valence-corrected chi connectivity index (χ3v) is 5.85. The van der Waals surface area contributed by atoms with Crippen molar-refractivity contribution in [2.24, 2.45) is 0 Å². The molecule has 0 unspecified atom stereocenters. The number of aryl methyl sites for hydroxylation is 2. The quantitative estimate of drug-likeness (QED) is 0.331. The van der Waals surface area contributed by atoms with Crippen molar-refractivity contribution in [1.82, 2.24) is 24.9 Å². The molecular formula is C27H31N5O. The number of aromatic nitrogens is 4. The van der Waals surface area contributed by atoms with E-state index in [0.29, 0.717) is 12.8 Å². The number of carbonyl (C=O) groups excluding carboxylic acids is 1. The standard InChI is InChI=1S/C27H31N5O/c1-31(27(33)17-16-22-20-28-32(21-22)25-14-8-3-9-15-25)18-10-4-7-13-24-19-26(30-29-24)23-11-5-2-6-12-23/h2-3,5-6,8-9,11-12,14-15,19-21H,4,7,10,13,16-18H2,1H3,(H,29,30). The number of carbonyl (C=O) groups is 1. The first-order valence-electron chi connectivity index (χ1n) is 11.6. The van der Waals surface area contributed by atoms with Gasteiger partial charge in [-0.25, -0.2) is 4.68 Å². The smallest absolute Gasteiger partial charge is 0.222 e. The molecule has 1 amide bonds. The number of H-pyrrole nitrogens is 1. The third kappa shape index (κ3) is 6.42. The lowest BCUT2D eigenvalue weighted by Gasteiger charge is -2.16. The Morgan fingerprint density at radius 1 is 0.970 bits per heavy atom. The summed E-state index contributed by atoms with van der Waals surface area (Å²) < 4.78 is 1.85. The average molecular weight is 442 g/mol. The van der Waals surface area contributed by atoms with Gasteiger partial charge in [0.2, 0.25) is 5.91 Å². The molecule has 6 nitrogen and oxygen atoms in total. The monoisotopic (exact) mass is 441 g/mol. The Bertz CT molecular complexity index is 1130. The molecule has 0 atom stereocenters. The first kappa shape index (κ1) is 22.5. The number of unbranched alkanes of at least 4 members (excludes halogenated alkanes) is 2. The first-order valence-corrected chi connectivity index (χ1v) is 11.6. The largest absolute Gasteiger partial charge is 0.346 e. The van der Waals surface area contributed by atoms with Crippen LogP contribution in [0.1, 0.15) is 36.9 Å². The van der Waals surface area contributed by atoms with E-state index in [1.54, 1.807) is 0 Å². The summed E-state index contributed by atoms with van der Waals surface area (Å²) in [4.78, 5) is 14.4. The summed E-state index contributed by atoms with van der Waals surface area (Å²) in [7, 11) is 1.90. The molecule has 4 aromatic rings. The van der Waals surface area contributed by atoms with Crippen molar-refractivity contribution >= 4 is 5.91 Å². The molecule has 0 fully saturated rings.